The van der Waals surface area contributed by atoms with Crippen LogP contribution in [0.1, 0.15) is 37.3 Å². The molecule has 1 heteroatoms. The molecule has 0 spiro atoms. The molecule has 76 valence electrons. The van der Waals surface area contributed by atoms with Gasteiger partial charge >= 0.3 is 0 Å². The summed E-state index contributed by atoms with van der Waals surface area (Å²) in [5.74, 6) is 1.12. The van der Waals surface area contributed by atoms with Gasteiger partial charge in [-0.25, -0.2) is 0 Å². The summed E-state index contributed by atoms with van der Waals surface area (Å²) in [6, 6.07) is 6.46. The van der Waals surface area contributed by atoms with Crippen LogP contribution in [0.25, 0.3) is 0 Å². The minimum atomic E-state index is 0.875. The van der Waals surface area contributed by atoms with Gasteiger partial charge in [-0.1, -0.05) is 31.9 Å². The zero-order chi connectivity index (χ0) is 9.80. The number of ether oxygens (including phenoxy) is 1. The number of unbranched alkanes of at least 4 members (excludes halogenated alkanes) is 2. The average molecular weight is 190 g/mol. The van der Waals surface area contributed by atoms with Crippen LogP contribution >= 0.6 is 0 Å². The van der Waals surface area contributed by atoms with Gasteiger partial charge in [0.15, 0.2) is 0 Å². The van der Waals surface area contributed by atoms with Gasteiger partial charge in [0.05, 0.1) is 6.61 Å². The highest BCUT2D eigenvalue weighted by molar-refractivity contribution is 5.42. The molecular formula is C13H18O. The van der Waals surface area contributed by atoms with Gasteiger partial charge in [-0.15, -0.1) is 0 Å². The summed E-state index contributed by atoms with van der Waals surface area (Å²) in [7, 11) is 0. The van der Waals surface area contributed by atoms with Crippen molar-refractivity contribution in [1.82, 2.24) is 0 Å². The van der Waals surface area contributed by atoms with Gasteiger partial charge in [-0.2, -0.15) is 0 Å². The molecule has 0 bridgehead atoms. The highest BCUT2D eigenvalue weighted by Crippen LogP contribution is 2.28. The van der Waals surface area contributed by atoms with E-state index in [-0.39, 0.29) is 0 Å². The lowest BCUT2D eigenvalue weighted by molar-refractivity contribution is 0.357. The summed E-state index contributed by atoms with van der Waals surface area (Å²) in [6.07, 6.45) is 6.28. The minimum absolute atomic E-state index is 0.875. The second-order valence-electron chi connectivity index (χ2n) is 3.95. The first-order valence-electron chi connectivity index (χ1n) is 5.65. The van der Waals surface area contributed by atoms with E-state index < -0.39 is 0 Å². The van der Waals surface area contributed by atoms with Crippen molar-refractivity contribution in [3.63, 3.8) is 0 Å². The molecule has 0 saturated heterocycles. The molecule has 0 radical (unpaired) electrons. The maximum atomic E-state index is 5.55. The molecule has 2 rings (SSSR count). The van der Waals surface area contributed by atoms with Crippen LogP contribution in [0.4, 0.5) is 0 Å². The molecule has 1 aromatic rings. The Bertz CT molecular complexity index is 304. The Labute approximate surface area is 86.1 Å². The van der Waals surface area contributed by atoms with Crippen LogP contribution in [-0.4, -0.2) is 6.61 Å². The summed E-state index contributed by atoms with van der Waals surface area (Å²) in [6.45, 7) is 3.12. The van der Waals surface area contributed by atoms with E-state index in [1.54, 1.807) is 0 Å². The summed E-state index contributed by atoms with van der Waals surface area (Å²) in [5, 5.41) is 0. The molecule has 0 fully saturated rings. The second-order valence-corrected chi connectivity index (χ2v) is 3.95. The predicted octanol–water partition coefficient (Wildman–Crippen LogP) is 3.35. The number of aryl methyl sites for hydroxylation is 1. The second kappa shape index (κ2) is 4.50. The topological polar surface area (TPSA) is 9.23 Å². The molecule has 0 N–H and O–H groups in total. The van der Waals surface area contributed by atoms with Crippen molar-refractivity contribution in [2.75, 3.05) is 6.61 Å². The van der Waals surface area contributed by atoms with Crippen LogP contribution < -0.4 is 4.74 Å². The standard InChI is InChI=1S/C13H18O/c1-2-3-4-6-11-7-5-8-13-12(11)9-10-14-13/h5,7-8H,2-4,6,9-10H2,1H3. The van der Waals surface area contributed by atoms with Gasteiger partial charge in [0, 0.05) is 12.0 Å². The lowest BCUT2D eigenvalue weighted by Crippen LogP contribution is -1.91. The minimum Gasteiger partial charge on any atom is -0.493 e. The van der Waals surface area contributed by atoms with E-state index in [1.165, 1.54) is 36.8 Å². The average Bonchev–Trinajstić information content (AvgIpc) is 2.67. The number of fused-ring (bicyclic) bond motifs is 1. The molecule has 0 amide bonds. The Hall–Kier alpha value is -0.980. The van der Waals surface area contributed by atoms with Gasteiger partial charge in [-0.3, -0.25) is 0 Å². The fourth-order valence-electron chi connectivity index (χ4n) is 2.09. The van der Waals surface area contributed by atoms with Crippen LogP contribution in [0, 0.1) is 0 Å². The molecule has 0 saturated carbocycles. The molecule has 1 aromatic carbocycles. The van der Waals surface area contributed by atoms with Gasteiger partial charge < -0.3 is 4.74 Å². The molecule has 1 nitrogen and oxygen atoms in total. The fourth-order valence-corrected chi connectivity index (χ4v) is 2.09. The van der Waals surface area contributed by atoms with Crippen LogP contribution in [0.2, 0.25) is 0 Å². The smallest absolute Gasteiger partial charge is 0.122 e. The van der Waals surface area contributed by atoms with E-state index in [2.05, 4.69) is 25.1 Å². The normalized spacial score (nSPS) is 13.8. The Morgan fingerprint density at radius 1 is 1.29 bits per heavy atom. The highest BCUT2D eigenvalue weighted by Gasteiger charge is 2.14. The third-order valence-electron chi connectivity index (χ3n) is 2.89. The van der Waals surface area contributed by atoms with Crippen molar-refractivity contribution >= 4 is 0 Å². The summed E-state index contributed by atoms with van der Waals surface area (Å²) in [4.78, 5) is 0. The first-order valence-corrected chi connectivity index (χ1v) is 5.65. The van der Waals surface area contributed by atoms with E-state index in [9.17, 15) is 0 Å². The Morgan fingerprint density at radius 2 is 2.21 bits per heavy atom. The first-order chi connectivity index (χ1) is 6.92. The molecule has 0 aliphatic carbocycles. The summed E-state index contributed by atoms with van der Waals surface area (Å²) in [5.41, 5.74) is 2.97. The number of benzene rings is 1. The van der Waals surface area contributed by atoms with E-state index in [0.717, 1.165) is 18.8 Å². The SMILES string of the molecule is CCCCCc1cccc2c1CCO2. The first kappa shape index (κ1) is 9.57. The highest BCUT2D eigenvalue weighted by atomic mass is 16.5. The van der Waals surface area contributed by atoms with E-state index >= 15 is 0 Å². The Morgan fingerprint density at radius 3 is 3.07 bits per heavy atom. The quantitative estimate of drug-likeness (QED) is 0.661. The molecular weight excluding hydrogens is 172 g/mol. The van der Waals surface area contributed by atoms with Crippen LogP contribution in [0.15, 0.2) is 18.2 Å². The van der Waals surface area contributed by atoms with Crippen molar-refractivity contribution in [3.05, 3.63) is 29.3 Å². The Kier molecular flexibility index (Phi) is 3.07. The molecule has 1 heterocycles. The van der Waals surface area contributed by atoms with Gasteiger partial charge in [-0.05, 0) is 24.5 Å². The number of rotatable bonds is 4. The van der Waals surface area contributed by atoms with E-state index in [0.29, 0.717) is 0 Å². The van der Waals surface area contributed by atoms with Gasteiger partial charge in [0.25, 0.3) is 0 Å². The molecule has 1 aliphatic heterocycles. The zero-order valence-corrected chi connectivity index (χ0v) is 8.88. The van der Waals surface area contributed by atoms with E-state index in [1.807, 2.05) is 0 Å². The fraction of sp³-hybridized carbons (Fsp3) is 0.538. The van der Waals surface area contributed by atoms with Crippen molar-refractivity contribution in [2.24, 2.45) is 0 Å². The molecule has 0 aromatic heterocycles. The van der Waals surface area contributed by atoms with Gasteiger partial charge in [0.1, 0.15) is 5.75 Å². The summed E-state index contributed by atoms with van der Waals surface area (Å²) < 4.78 is 5.55. The predicted molar refractivity (Wildman–Crippen MR) is 58.9 cm³/mol. The maximum Gasteiger partial charge on any atom is 0.122 e. The molecule has 14 heavy (non-hydrogen) atoms. The molecule has 0 unspecified atom stereocenters. The zero-order valence-electron chi connectivity index (χ0n) is 8.88. The molecule has 0 atom stereocenters. The van der Waals surface area contributed by atoms with Crippen LogP contribution in [0.5, 0.6) is 5.75 Å². The van der Waals surface area contributed by atoms with Crippen molar-refractivity contribution < 1.29 is 4.74 Å². The maximum absolute atomic E-state index is 5.55. The third kappa shape index (κ3) is 1.92. The molecule has 1 aliphatic rings. The van der Waals surface area contributed by atoms with E-state index in [4.69, 9.17) is 4.74 Å². The number of hydrogen-bond donors (Lipinski definition) is 0. The lowest BCUT2D eigenvalue weighted by Gasteiger charge is -2.05. The van der Waals surface area contributed by atoms with Crippen molar-refractivity contribution in [3.8, 4) is 5.75 Å². The number of hydrogen-bond acceptors (Lipinski definition) is 1. The van der Waals surface area contributed by atoms with Crippen LogP contribution in [0.3, 0.4) is 0 Å². The monoisotopic (exact) mass is 190 g/mol. The largest absolute Gasteiger partial charge is 0.493 e. The van der Waals surface area contributed by atoms with Gasteiger partial charge in [0.2, 0.25) is 0 Å². The Balaban J connectivity index is 2.06. The van der Waals surface area contributed by atoms with Crippen LogP contribution in [-0.2, 0) is 12.8 Å². The third-order valence-corrected chi connectivity index (χ3v) is 2.89. The lowest BCUT2D eigenvalue weighted by atomic mass is 10.00. The van der Waals surface area contributed by atoms with Crippen molar-refractivity contribution in [2.45, 2.75) is 39.0 Å². The summed E-state index contributed by atoms with van der Waals surface area (Å²) >= 11 is 0. The van der Waals surface area contributed by atoms with Crippen molar-refractivity contribution in [1.29, 1.82) is 0 Å².